The Bertz CT molecular complexity index is 359. The van der Waals surface area contributed by atoms with Crippen molar-refractivity contribution in [2.45, 2.75) is 31.1 Å². The number of carboxylic acid groups (broad SMARTS) is 1. The van der Waals surface area contributed by atoms with Gasteiger partial charge in [-0.25, -0.2) is 18.0 Å². The summed E-state index contributed by atoms with van der Waals surface area (Å²) >= 11 is 0. The Morgan fingerprint density at radius 1 is 1.11 bits per heavy atom. The summed E-state index contributed by atoms with van der Waals surface area (Å²) in [4.78, 5) is 10.1. The van der Waals surface area contributed by atoms with Crippen molar-refractivity contribution < 1.29 is 45.0 Å². The second kappa shape index (κ2) is 4.73. The van der Waals surface area contributed by atoms with E-state index in [1.807, 2.05) is 0 Å². The van der Waals surface area contributed by atoms with Gasteiger partial charge < -0.3 is 5.11 Å². The number of carbonyl (C=O) groups is 1. The summed E-state index contributed by atoms with van der Waals surface area (Å²) in [6.45, 7) is 0.415. The van der Waals surface area contributed by atoms with E-state index in [9.17, 15) is 39.9 Å². The standard InChI is InChI=1S/C8H6F8O2/c1-3(4(17)18)2-6(11,12)7(13,5(9)10)8(14,15)16/h2,5H,1H3,(H,17,18). The molecule has 0 radical (unpaired) electrons. The maximum Gasteiger partial charge on any atom is 0.434 e. The third-order valence-corrected chi connectivity index (χ3v) is 1.93. The fourth-order valence-electron chi connectivity index (χ4n) is 0.897. The van der Waals surface area contributed by atoms with Crippen LogP contribution < -0.4 is 0 Å². The van der Waals surface area contributed by atoms with Crippen LogP contribution in [-0.4, -0.2) is 35.3 Å². The molecule has 0 aliphatic heterocycles. The first-order chi connectivity index (χ1) is 7.77. The zero-order valence-electron chi connectivity index (χ0n) is 8.53. The van der Waals surface area contributed by atoms with Crippen LogP contribution >= 0.6 is 0 Å². The molecular formula is C8H6F8O2. The molecule has 0 saturated carbocycles. The van der Waals surface area contributed by atoms with Crippen LogP contribution in [0.15, 0.2) is 11.6 Å². The van der Waals surface area contributed by atoms with Gasteiger partial charge in [0.15, 0.2) is 0 Å². The number of rotatable bonds is 4. The second-order valence-corrected chi connectivity index (χ2v) is 3.27. The molecule has 0 saturated heterocycles. The van der Waals surface area contributed by atoms with E-state index in [0.29, 0.717) is 6.92 Å². The molecular weight excluding hydrogens is 280 g/mol. The fraction of sp³-hybridized carbons (Fsp3) is 0.625. The number of alkyl halides is 8. The Hall–Kier alpha value is -1.35. The van der Waals surface area contributed by atoms with Crippen molar-refractivity contribution in [1.82, 2.24) is 0 Å². The average molecular weight is 286 g/mol. The van der Waals surface area contributed by atoms with Gasteiger partial charge in [0.05, 0.1) is 0 Å². The van der Waals surface area contributed by atoms with Crippen molar-refractivity contribution in [3.05, 3.63) is 11.6 Å². The van der Waals surface area contributed by atoms with Crippen LogP contribution in [-0.2, 0) is 4.79 Å². The molecule has 1 unspecified atom stereocenters. The van der Waals surface area contributed by atoms with E-state index in [2.05, 4.69) is 0 Å². The van der Waals surface area contributed by atoms with Gasteiger partial charge in [-0.1, -0.05) is 0 Å². The fourth-order valence-corrected chi connectivity index (χ4v) is 0.897. The van der Waals surface area contributed by atoms with Gasteiger partial charge in [-0.2, -0.15) is 22.0 Å². The molecule has 0 amide bonds. The molecule has 18 heavy (non-hydrogen) atoms. The van der Waals surface area contributed by atoms with Crippen molar-refractivity contribution in [2.24, 2.45) is 0 Å². The number of hydrogen-bond acceptors (Lipinski definition) is 1. The summed E-state index contributed by atoms with van der Waals surface area (Å²) in [6, 6.07) is 0. The molecule has 0 aromatic heterocycles. The first-order valence-electron chi connectivity index (χ1n) is 4.11. The molecule has 0 fully saturated rings. The van der Waals surface area contributed by atoms with Gasteiger partial charge in [0.2, 0.25) is 0 Å². The van der Waals surface area contributed by atoms with Gasteiger partial charge in [0, 0.05) is 5.57 Å². The van der Waals surface area contributed by atoms with Crippen molar-refractivity contribution in [3.63, 3.8) is 0 Å². The van der Waals surface area contributed by atoms with E-state index in [1.54, 1.807) is 0 Å². The molecule has 1 N–H and O–H groups in total. The quantitative estimate of drug-likeness (QED) is 0.636. The molecule has 0 heterocycles. The van der Waals surface area contributed by atoms with Crippen LogP contribution in [0.25, 0.3) is 0 Å². The van der Waals surface area contributed by atoms with Crippen LogP contribution in [0.3, 0.4) is 0 Å². The lowest BCUT2D eigenvalue weighted by Gasteiger charge is -2.32. The highest BCUT2D eigenvalue weighted by atomic mass is 19.4. The Morgan fingerprint density at radius 3 is 1.72 bits per heavy atom. The number of aliphatic carboxylic acids is 1. The van der Waals surface area contributed by atoms with Crippen LogP contribution in [0.2, 0.25) is 0 Å². The topological polar surface area (TPSA) is 37.3 Å². The SMILES string of the molecule is CC(=CC(F)(F)C(F)(C(F)F)C(F)(F)F)C(=O)O. The van der Waals surface area contributed by atoms with Crippen molar-refractivity contribution >= 4 is 5.97 Å². The zero-order chi connectivity index (χ0) is 14.9. The van der Waals surface area contributed by atoms with Crippen molar-refractivity contribution in [3.8, 4) is 0 Å². The largest absolute Gasteiger partial charge is 0.478 e. The third-order valence-electron chi connectivity index (χ3n) is 1.93. The maximum atomic E-state index is 13.0. The van der Waals surface area contributed by atoms with Gasteiger partial charge in [-0.3, -0.25) is 0 Å². The summed E-state index contributed by atoms with van der Waals surface area (Å²) in [5.74, 6) is -7.81. The molecule has 0 rings (SSSR count). The molecule has 0 aromatic carbocycles. The van der Waals surface area contributed by atoms with Crippen LogP contribution in [0, 0.1) is 0 Å². The average Bonchev–Trinajstić information content (AvgIpc) is 2.12. The lowest BCUT2D eigenvalue weighted by atomic mass is 9.95. The summed E-state index contributed by atoms with van der Waals surface area (Å²) < 4.78 is 98.7. The monoisotopic (exact) mass is 286 g/mol. The van der Waals surface area contributed by atoms with Crippen molar-refractivity contribution in [2.75, 3.05) is 0 Å². The molecule has 106 valence electrons. The Kier molecular flexibility index (Phi) is 4.37. The van der Waals surface area contributed by atoms with E-state index in [0.717, 1.165) is 0 Å². The Labute approximate surface area is 94.9 Å². The van der Waals surface area contributed by atoms with Gasteiger partial charge >= 0.3 is 23.7 Å². The molecule has 0 aromatic rings. The summed E-state index contributed by atoms with van der Waals surface area (Å²) in [5, 5.41) is 8.16. The second-order valence-electron chi connectivity index (χ2n) is 3.27. The van der Waals surface area contributed by atoms with E-state index < -0.39 is 41.8 Å². The third kappa shape index (κ3) is 2.72. The Morgan fingerprint density at radius 2 is 1.50 bits per heavy atom. The van der Waals surface area contributed by atoms with Gasteiger partial charge in [0.1, 0.15) is 0 Å². The van der Waals surface area contributed by atoms with Gasteiger partial charge in [-0.05, 0) is 13.0 Å². The van der Waals surface area contributed by atoms with Crippen LogP contribution in [0.5, 0.6) is 0 Å². The van der Waals surface area contributed by atoms with Crippen LogP contribution in [0.4, 0.5) is 35.1 Å². The minimum absolute atomic E-state index is 0.415. The number of hydrogen-bond donors (Lipinski definition) is 1. The molecule has 0 aliphatic carbocycles. The lowest BCUT2D eigenvalue weighted by molar-refractivity contribution is -0.324. The highest BCUT2D eigenvalue weighted by Gasteiger charge is 2.75. The summed E-state index contributed by atoms with van der Waals surface area (Å²) in [6.07, 6.45) is -12.6. The number of halogens is 8. The van der Waals surface area contributed by atoms with E-state index in [1.165, 1.54) is 0 Å². The zero-order valence-corrected chi connectivity index (χ0v) is 8.53. The molecule has 2 nitrogen and oxygen atoms in total. The van der Waals surface area contributed by atoms with Gasteiger partial charge in [0.25, 0.3) is 6.43 Å². The number of allylic oxidation sites excluding steroid dienone is 1. The smallest absolute Gasteiger partial charge is 0.434 e. The van der Waals surface area contributed by atoms with Gasteiger partial charge in [-0.15, -0.1) is 0 Å². The molecule has 0 spiro atoms. The molecule has 1 atom stereocenters. The predicted octanol–water partition coefficient (Wildman–Crippen LogP) is 3.19. The highest BCUT2D eigenvalue weighted by Crippen LogP contribution is 2.50. The molecule has 0 aliphatic rings. The van der Waals surface area contributed by atoms with E-state index >= 15 is 0 Å². The minimum atomic E-state index is -6.57. The summed E-state index contributed by atoms with van der Waals surface area (Å²) in [5.41, 5.74) is -7.55. The predicted molar refractivity (Wildman–Crippen MR) is 42.2 cm³/mol. The first kappa shape index (κ1) is 16.6. The van der Waals surface area contributed by atoms with Crippen LogP contribution in [0.1, 0.15) is 6.92 Å². The highest BCUT2D eigenvalue weighted by molar-refractivity contribution is 5.86. The summed E-state index contributed by atoms with van der Waals surface area (Å²) in [7, 11) is 0. The molecule has 10 heteroatoms. The normalized spacial score (nSPS) is 17.8. The van der Waals surface area contributed by atoms with Crippen molar-refractivity contribution in [1.29, 1.82) is 0 Å². The Balaban J connectivity index is 5.80. The molecule has 0 bridgehead atoms. The minimum Gasteiger partial charge on any atom is -0.478 e. The van der Waals surface area contributed by atoms with E-state index in [-0.39, 0.29) is 0 Å². The lowest BCUT2D eigenvalue weighted by Crippen LogP contribution is -2.59. The first-order valence-corrected chi connectivity index (χ1v) is 4.11. The number of carboxylic acids is 1. The maximum absolute atomic E-state index is 13.0. The van der Waals surface area contributed by atoms with E-state index in [4.69, 9.17) is 5.11 Å².